The summed E-state index contributed by atoms with van der Waals surface area (Å²) in [6, 6.07) is 5.63. The number of fused-ring (bicyclic) bond motifs is 5. The van der Waals surface area contributed by atoms with E-state index in [1.165, 1.54) is 24.8 Å². The molecule has 6 atom stereocenters. The molecule has 34 heavy (non-hydrogen) atoms. The number of aromatic nitrogens is 1. The number of amides is 1. The van der Waals surface area contributed by atoms with Gasteiger partial charge in [0.1, 0.15) is 0 Å². The fourth-order valence-corrected chi connectivity index (χ4v) is 7.80. The first-order chi connectivity index (χ1) is 16.2. The van der Waals surface area contributed by atoms with E-state index in [-0.39, 0.29) is 23.3 Å². The van der Waals surface area contributed by atoms with Crippen LogP contribution in [0.3, 0.4) is 0 Å². The fraction of sp³-hybridized carbons (Fsp3) is 0.679. The molecule has 0 bridgehead atoms. The summed E-state index contributed by atoms with van der Waals surface area (Å²) in [5.41, 5.74) is 3.05. The zero-order valence-electron chi connectivity index (χ0n) is 20.8. The van der Waals surface area contributed by atoms with Gasteiger partial charge in [0, 0.05) is 6.20 Å². The first kappa shape index (κ1) is 23.5. The van der Waals surface area contributed by atoms with Gasteiger partial charge in [0.05, 0.1) is 23.6 Å². The molecule has 6 heteroatoms. The van der Waals surface area contributed by atoms with Crippen molar-refractivity contribution >= 4 is 11.6 Å². The molecule has 4 aliphatic rings. The van der Waals surface area contributed by atoms with Gasteiger partial charge in [-0.3, -0.25) is 9.78 Å². The summed E-state index contributed by atoms with van der Waals surface area (Å²) in [5, 5.41) is 18.2. The number of carbonyl (C=O) groups excluding carboxylic acids is 1. The Bertz CT molecular complexity index is 988. The molecule has 0 spiro atoms. The molecule has 4 aliphatic carbocycles. The topological polar surface area (TPSA) is 83.8 Å². The Morgan fingerprint density at radius 1 is 1.15 bits per heavy atom. The van der Waals surface area contributed by atoms with Crippen LogP contribution in [0.1, 0.15) is 77.8 Å². The molecule has 0 unspecified atom stereocenters. The van der Waals surface area contributed by atoms with Gasteiger partial charge in [-0.15, -0.1) is 0 Å². The Morgan fingerprint density at radius 2 is 1.97 bits per heavy atom. The second-order valence-electron chi connectivity index (χ2n) is 11.7. The third-order valence-electron chi connectivity index (χ3n) is 10.1. The number of pyridine rings is 1. The van der Waals surface area contributed by atoms with Gasteiger partial charge in [0.25, 0.3) is 5.91 Å². The number of nitrogens with one attached hydrogen (secondary N) is 1. The van der Waals surface area contributed by atoms with E-state index in [9.17, 15) is 9.90 Å². The van der Waals surface area contributed by atoms with Crippen LogP contribution in [0.2, 0.25) is 0 Å². The SMILES string of the molecule is C[C@]12CC/C(=N/OCC(=O)NCc3ccccn3)C=C1CC[C@@H]1[C@@H]2CC[C@@]2(C)[C@H]1CC[C@]2(C)O. The molecule has 1 aromatic heterocycles. The Kier molecular flexibility index (Phi) is 6.07. The summed E-state index contributed by atoms with van der Waals surface area (Å²) in [6.45, 7) is 7.20. The molecule has 6 nitrogen and oxygen atoms in total. The van der Waals surface area contributed by atoms with Crippen LogP contribution in [0.15, 0.2) is 41.2 Å². The molecular formula is C28H39N3O3. The number of hydrogen-bond acceptors (Lipinski definition) is 5. The van der Waals surface area contributed by atoms with Gasteiger partial charge in [-0.05, 0) is 105 Å². The van der Waals surface area contributed by atoms with Crippen molar-refractivity contribution in [2.24, 2.45) is 33.7 Å². The van der Waals surface area contributed by atoms with Crippen LogP contribution in [0.25, 0.3) is 0 Å². The fourth-order valence-electron chi connectivity index (χ4n) is 7.80. The van der Waals surface area contributed by atoms with Crippen LogP contribution in [-0.2, 0) is 16.2 Å². The molecule has 0 aliphatic heterocycles. The highest BCUT2D eigenvalue weighted by Gasteiger charge is 2.62. The first-order valence-electron chi connectivity index (χ1n) is 13.0. The van der Waals surface area contributed by atoms with E-state index < -0.39 is 5.60 Å². The van der Waals surface area contributed by atoms with Gasteiger partial charge in [0.2, 0.25) is 0 Å². The van der Waals surface area contributed by atoms with Gasteiger partial charge in [0.15, 0.2) is 6.61 Å². The zero-order valence-corrected chi connectivity index (χ0v) is 20.8. The van der Waals surface area contributed by atoms with Crippen LogP contribution < -0.4 is 5.32 Å². The van der Waals surface area contributed by atoms with Crippen LogP contribution >= 0.6 is 0 Å². The second-order valence-corrected chi connectivity index (χ2v) is 11.7. The molecular weight excluding hydrogens is 426 g/mol. The Hall–Kier alpha value is -2.21. The monoisotopic (exact) mass is 465 g/mol. The lowest BCUT2D eigenvalue weighted by Crippen LogP contribution is -2.53. The maximum atomic E-state index is 12.1. The molecule has 1 aromatic rings. The normalized spacial score (nSPS) is 40.1. The lowest BCUT2D eigenvalue weighted by atomic mass is 9.46. The van der Waals surface area contributed by atoms with E-state index in [0.717, 1.165) is 43.5 Å². The Balaban J connectivity index is 1.20. The standard InChI is InChI=1S/C28H39N3O3/c1-26-12-9-20(31-34-18-25(32)30-17-21-6-4-5-15-29-21)16-19(26)7-8-22-23(26)10-13-27(2)24(22)11-14-28(27,3)33/h4-6,15-16,22-24,33H,7-14,17-18H2,1-3H3,(H,30,32)/b31-20-/t22-,23+,24+,26+,27+,28+/m1/s1. The van der Waals surface area contributed by atoms with Crippen LogP contribution in [0.4, 0.5) is 0 Å². The molecule has 1 amide bonds. The number of allylic oxidation sites excluding steroid dienone is 2. The minimum absolute atomic E-state index is 0.0675. The second kappa shape index (κ2) is 8.78. The molecule has 184 valence electrons. The summed E-state index contributed by atoms with van der Waals surface area (Å²) < 4.78 is 0. The number of aliphatic hydroxyl groups is 1. The number of carbonyl (C=O) groups is 1. The Morgan fingerprint density at radius 3 is 2.76 bits per heavy atom. The summed E-state index contributed by atoms with van der Waals surface area (Å²) in [7, 11) is 0. The predicted molar refractivity (Wildman–Crippen MR) is 132 cm³/mol. The van der Waals surface area contributed by atoms with Gasteiger partial charge in [-0.25, -0.2) is 0 Å². The van der Waals surface area contributed by atoms with E-state index >= 15 is 0 Å². The predicted octanol–water partition coefficient (Wildman–Crippen LogP) is 4.78. The zero-order chi connectivity index (χ0) is 24.0. The third-order valence-corrected chi connectivity index (χ3v) is 10.1. The quantitative estimate of drug-likeness (QED) is 0.613. The maximum Gasteiger partial charge on any atom is 0.261 e. The molecule has 1 heterocycles. The van der Waals surface area contributed by atoms with Crippen molar-refractivity contribution in [3.05, 3.63) is 41.7 Å². The van der Waals surface area contributed by atoms with E-state index in [4.69, 9.17) is 4.84 Å². The van der Waals surface area contributed by atoms with E-state index in [0.29, 0.717) is 24.3 Å². The largest absolute Gasteiger partial charge is 0.390 e. The van der Waals surface area contributed by atoms with Crippen LogP contribution in [0, 0.1) is 28.6 Å². The maximum absolute atomic E-state index is 12.1. The van der Waals surface area contributed by atoms with E-state index in [2.05, 4.69) is 42.3 Å². The van der Waals surface area contributed by atoms with Gasteiger partial charge in [-0.2, -0.15) is 0 Å². The number of oxime groups is 1. The van der Waals surface area contributed by atoms with E-state index in [1.807, 2.05) is 18.2 Å². The number of hydrogen-bond donors (Lipinski definition) is 2. The van der Waals surface area contributed by atoms with Crippen molar-refractivity contribution < 1.29 is 14.7 Å². The highest BCUT2D eigenvalue weighted by molar-refractivity contribution is 5.96. The molecule has 3 saturated carbocycles. The number of nitrogens with zero attached hydrogens (tertiary/aromatic N) is 2. The van der Waals surface area contributed by atoms with E-state index in [1.54, 1.807) is 6.20 Å². The van der Waals surface area contributed by atoms with Crippen molar-refractivity contribution in [3.63, 3.8) is 0 Å². The van der Waals surface area contributed by atoms with Crippen molar-refractivity contribution in [3.8, 4) is 0 Å². The minimum Gasteiger partial charge on any atom is -0.390 e. The summed E-state index contributed by atoms with van der Waals surface area (Å²) in [6.07, 6.45) is 12.7. The van der Waals surface area contributed by atoms with Crippen molar-refractivity contribution in [2.75, 3.05) is 6.61 Å². The number of rotatable bonds is 5. The molecule has 0 saturated heterocycles. The highest BCUT2D eigenvalue weighted by Crippen LogP contribution is 2.67. The summed E-state index contributed by atoms with van der Waals surface area (Å²) >= 11 is 0. The van der Waals surface area contributed by atoms with Gasteiger partial charge >= 0.3 is 0 Å². The van der Waals surface area contributed by atoms with Crippen molar-refractivity contribution in [1.29, 1.82) is 0 Å². The summed E-state index contributed by atoms with van der Waals surface area (Å²) in [5.74, 6) is 1.86. The Labute approximate surface area is 203 Å². The van der Waals surface area contributed by atoms with Gasteiger partial charge in [-0.1, -0.05) is 30.6 Å². The first-order valence-corrected chi connectivity index (χ1v) is 13.0. The smallest absolute Gasteiger partial charge is 0.261 e. The highest BCUT2D eigenvalue weighted by atomic mass is 16.6. The average Bonchev–Trinajstić information content (AvgIpc) is 3.07. The molecule has 3 fully saturated rings. The summed E-state index contributed by atoms with van der Waals surface area (Å²) in [4.78, 5) is 21.7. The molecule has 5 rings (SSSR count). The average molecular weight is 466 g/mol. The third kappa shape index (κ3) is 3.98. The molecule has 0 aromatic carbocycles. The minimum atomic E-state index is -0.521. The van der Waals surface area contributed by atoms with Crippen molar-refractivity contribution in [1.82, 2.24) is 10.3 Å². The lowest BCUT2D eigenvalue weighted by Gasteiger charge is -2.59. The van der Waals surface area contributed by atoms with Crippen molar-refractivity contribution in [2.45, 2.75) is 84.3 Å². The molecule has 0 radical (unpaired) electrons. The van der Waals surface area contributed by atoms with Crippen LogP contribution in [0.5, 0.6) is 0 Å². The van der Waals surface area contributed by atoms with Crippen LogP contribution in [-0.4, -0.2) is 33.9 Å². The lowest BCUT2D eigenvalue weighted by molar-refractivity contribution is -0.125. The molecule has 2 N–H and O–H groups in total. The van der Waals surface area contributed by atoms with Gasteiger partial charge < -0.3 is 15.3 Å².